The third-order valence-corrected chi connectivity index (χ3v) is 11.5. The van der Waals surface area contributed by atoms with Gasteiger partial charge in [-0.05, 0) is 31.7 Å². The van der Waals surface area contributed by atoms with E-state index in [2.05, 4.69) is 11.8 Å². The van der Waals surface area contributed by atoms with Gasteiger partial charge in [0, 0.05) is 70.0 Å². The Hall–Kier alpha value is -0.320. The van der Waals surface area contributed by atoms with E-state index in [4.69, 9.17) is 18.9 Å². The highest BCUT2D eigenvalue weighted by Crippen LogP contribution is 2.80. The van der Waals surface area contributed by atoms with Crippen molar-refractivity contribution < 1.29 is 34.3 Å². The minimum Gasteiger partial charge on any atom is -0.392 e. The smallest absolute Gasteiger partial charge is 0.136 e. The van der Waals surface area contributed by atoms with Crippen LogP contribution in [0.2, 0.25) is 0 Å². The SMILES string of the molecule is CCN1C[C@@]2(COC)CC[C@H](O)[C@@]34[C@@H]5C[C@@H]6[C@@H](OC)[C@@H]5[C@@](O)(C[C@H]6OC)[C@@](O)([C@@H](OC)[C@@H]23)[C@@H]14. The average molecular weight is 468 g/mol. The zero-order chi connectivity index (χ0) is 23.6. The van der Waals surface area contributed by atoms with Gasteiger partial charge in [-0.3, -0.25) is 4.90 Å². The molecule has 7 bridgehead atoms. The topological polar surface area (TPSA) is 101 Å². The van der Waals surface area contributed by atoms with E-state index in [1.54, 1.807) is 28.4 Å². The molecule has 6 fully saturated rings. The van der Waals surface area contributed by atoms with Crippen LogP contribution in [0.15, 0.2) is 0 Å². The Morgan fingerprint density at radius 1 is 1.06 bits per heavy atom. The number of nitrogens with zero attached hydrogens (tertiary/aromatic N) is 1. The Labute approximate surface area is 196 Å². The van der Waals surface area contributed by atoms with Crippen molar-refractivity contribution >= 4 is 0 Å². The molecule has 8 heteroatoms. The molecule has 5 saturated carbocycles. The van der Waals surface area contributed by atoms with Crippen molar-refractivity contribution in [3.05, 3.63) is 0 Å². The van der Waals surface area contributed by atoms with Gasteiger partial charge in [0.2, 0.25) is 0 Å². The van der Waals surface area contributed by atoms with Crippen LogP contribution in [0.25, 0.3) is 0 Å². The molecule has 1 aliphatic heterocycles. The van der Waals surface area contributed by atoms with Gasteiger partial charge in [0.05, 0.1) is 37.1 Å². The minimum atomic E-state index is -1.55. The molecule has 1 spiro atoms. The van der Waals surface area contributed by atoms with Crippen molar-refractivity contribution in [1.82, 2.24) is 4.90 Å². The third kappa shape index (κ3) is 2.20. The van der Waals surface area contributed by atoms with E-state index in [-0.39, 0.29) is 47.3 Å². The van der Waals surface area contributed by atoms with Crippen molar-refractivity contribution in [1.29, 1.82) is 0 Å². The van der Waals surface area contributed by atoms with Crippen molar-refractivity contribution in [2.24, 2.45) is 34.5 Å². The summed E-state index contributed by atoms with van der Waals surface area (Å²) in [6.45, 7) is 4.18. The number of aliphatic hydroxyl groups is 3. The van der Waals surface area contributed by atoms with Gasteiger partial charge in [-0.25, -0.2) is 0 Å². The Balaban J connectivity index is 1.67. The molecule has 33 heavy (non-hydrogen) atoms. The van der Waals surface area contributed by atoms with E-state index in [0.717, 1.165) is 25.9 Å². The van der Waals surface area contributed by atoms with Crippen LogP contribution in [0.5, 0.6) is 0 Å². The number of piperidine rings is 1. The van der Waals surface area contributed by atoms with Gasteiger partial charge in [0.25, 0.3) is 0 Å². The molecule has 0 radical (unpaired) electrons. The fraction of sp³-hybridized carbons (Fsp3) is 1.00. The Bertz CT molecular complexity index is 814. The predicted octanol–water partition coefficient (Wildman–Crippen LogP) is 0.271. The second kappa shape index (κ2) is 7.13. The second-order valence-corrected chi connectivity index (χ2v) is 11.9. The molecule has 0 unspecified atom stereocenters. The molecule has 5 aliphatic carbocycles. The third-order valence-electron chi connectivity index (χ3n) is 11.5. The molecule has 1 heterocycles. The molecule has 188 valence electrons. The molecule has 1 saturated heterocycles. The van der Waals surface area contributed by atoms with Crippen LogP contribution in [0.4, 0.5) is 0 Å². The lowest BCUT2D eigenvalue weighted by molar-refractivity contribution is -0.318. The summed E-state index contributed by atoms with van der Waals surface area (Å²) in [5, 5.41) is 37.6. The molecule has 8 nitrogen and oxygen atoms in total. The van der Waals surface area contributed by atoms with Crippen LogP contribution in [-0.4, -0.2) is 110 Å². The monoisotopic (exact) mass is 467 g/mol. The summed E-state index contributed by atoms with van der Waals surface area (Å²) in [7, 11) is 6.79. The molecule has 0 amide bonds. The van der Waals surface area contributed by atoms with Crippen molar-refractivity contribution in [3.8, 4) is 0 Å². The fourth-order valence-corrected chi connectivity index (χ4v) is 11.0. The molecule has 3 N–H and O–H groups in total. The van der Waals surface area contributed by atoms with Gasteiger partial charge in [-0.2, -0.15) is 0 Å². The number of hydrogen-bond acceptors (Lipinski definition) is 8. The summed E-state index contributed by atoms with van der Waals surface area (Å²) in [5.41, 5.74) is -3.82. The highest BCUT2D eigenvalue weighted by Gasteiger charge is 2.91. The van der Waals surface area contributed by atoms with Crippen LogP contribution >= 0.6 is 0 Å². The number of fused-ring (bicyclic) bond motifs is 2. The summed E-state index contributed by atoms with van der Waals surface area (Å²) < 4.78 is 24.0. The summed E-state index contributed by atoms with van der Waals surface area (Å²) in [4.78, 5) is 2.33. The lowest BCUT2D eigenvalue weighted by Crippen LogP contribution is -2.82. The number of likely N-dealkylation sites (tertiary alicyclic amines) is 1. The van der Waals surface area contributed by atoms with Crippen LogP contribution in [0, 0.1) is 34.5 Å². The van der Waals surface area contributed by atoms with Crippen LogP contribution < -0.4 is 0 Å². The van der Waals surface area contributed by atoms with E-state index in [1.807, 2.05) is 0 Å². The number of hydrogen-bond donors (Lipinski definition) is 3. The number of likely N-dealkylation sites (N-methyl/N-ethyl adjacent to an activating group) is 1. The number of methoxy groups -OCH3 is 4. The van der Waals surface area contributed by atoms with E-state index in [1.165, 1.54) is 0 Å². The van der Waals surface area contributed by atoms with E-state index in [9.17, 15) is 15.3 Å². The van der Waals surface area contributed by atoms with Gasteiger partial charge in [-0.1, -0.05) is 6.92 Å². The van der Waals surface area contributed by atoms with Gasteiger partial charge < -0.3 is 34.3 Å². The van der Waals surface area contributed by atoms with Crippen LogP contribution in [0.3, 0.4) is 0 Å². The zero-order valence-electron chi connectivity index (χ0n) is 20.6. The van der Waals surface area contributed by atoms with Crippen molar-refractivity contribution in [3.63, 3.8) is 0 Å². The Morgan fingerprint density at radius 2 is 1.82 bits per heavy atom. The number of ether oxygens (including phenoxy) is 4. The predicted molar refractivity (Wildman–Crippen MR) is 119 cm³/mol. The molecule has 0 aromatic rings. The highest BCUT2D eigenvalue weighted by molar-refractivity contribution is 5.41. The summed E-state index contributed by atoms with van der Waals surface area (Å²) in [5.74, 6) is -0.231. The first-order chi connectivity index (χ1) is 15.8. The normalized spacial score (nSPS) is 60.9. The lowest BCUT2D eigenvalue weighted by Gasteiger charge is -2.69. The molecular formula is C25H41NO7. The fourth-order valence-electron chi connectivity index (χ4n) is 11.0. The van der Waals surface area contributed by atoms with Gasteiger partial charge in [-0.15, -0.1) is 0 Å². The Kier molecular flexibility index (Phi) is 4.99. The van der Waals surface area contributed by atoms with Crippen LogP contribution in [0.1, 0.15) is 32.6 Å². The molecular weight excluding hydrogens is 426 g/mol. The van der Waals surface area contributed by atoms with Gasteiger partial charge in [0.1, 0.15) is 11.2 Å². The minimum absolute atomic E-state index is 0.00825. The summed E-state index contributed by atoms with van der Waals surface area (Å²) >= 11 is 0. The molecule has 13 atom stereocenters. The number of rotatable bonds is 6. The van der Waals surface area contributed by atoms with Crippen molar-refractivity contribution in [2.45, 2.75) is 74.3 Å². The maximum absolute atomic E-state index is 12.9. The lowest BCUT2D eigenvalue weighted by atomic mass is 9.42. The first-order valence-corrected chi connectivity index (χ1v) is 12.7. The largest absolute Gasteiger partial charge is 0.392 e. The maximum atomic E-state index is 12.9. The molecule has 6 aliphatic rings. The zero-order valence-corrected chi connectivity index (χ0v) is 20.6. The maximum Gasteiger partial charge on any atom is 0.136 e. The van der Waals surface area contributed by atoms with Crippen molar-refractivity contribution in [2.75, 3.05) is 48.1 Å². The molecule has 6 rings (SSSR count). The first kappa shape index (κ1) is 23.1. The summed E-state index contributed by atoms with van der Waals surface area (Å²) in [6, 6.07) is -0.386. The molecule has 0 aromatic carbocycles. The van der Waals surface area contributed by atoms with E-state index >= 15 is 0 Å². The Morgan fingerprint density at radius 3 is 2.42 bits per heavy atom. The first-order valence-electron chi connectivity index (χ1n) is 12.7. The van der Waals surface area contributed by atoms with E-state index in [0.29, 0.717) is 19.4 Å². The molecule has 0 aromatic heterocycles. The average Bonchev–Trinajstić information content (AvgIpc) is 3.22. The van der Waals surface area contributed by atoms with E-state index < -0.39 is 28.8 Å². The standard InChI is InChI=1S/C25H41NO7/c1-6-26-11-22(12-30-2)8-7-16(27)24-14-9-13-15(31-3)10-23(28,17(14)18(13)32-4)25(29,21(24)26)20(33-5)19(22)24/h13-21,27-29H,6-12H2,1-5H3/t13-,14+,15+,16-,17+,18+,19-,20-,21-,22+,23-,24-,25+/m0/s1. The summed E-state index contributed by atoms with van der Waals surface area (Å²) in [6.07, 6.45) is 1.06. The van der Waals surface area contributed by atoms with Gasteiger partial charge in [0.15, 0.2) is 0 Å². The number of aliphatic hydroxyl groups excluding tert-OH is 1. The van der Waals surface area contributed by atoms with Crippen LogP contribution in [-0.2, 0) is 18.9 Å². The quantitative estimate of drug-likeness (QED) is 0.512. The highest BCUT2D eigenvalue weighted by atomic mass is 16.5. The second-order valence-electron chi connectivity index (χ2n) is 11.9. The van der Waals surface area contributed by atoms with Gasteiger partial charge >= 0.3 is 0 Å².